The highest BCUT2D eigenvalue weighted by atomic mass is 28.3. The van der Waals surface area contributed by atoms with Crippen molar-refractivity contribution in [3.05, 3.63) is 0 Å². The van der Waals surface area contributed by atoms with Crippen molar-refractivity contribution in [3.8, 4) is 0 Å². The van der Waals surface area contributed by atoms with Gasteiger partial charge in [-0.1, -0.05) is 46.8 Å². The Morgan fingerprint density at radius 2 is 1.50 bits per heavy atom. The molecule has 1 atom stereocenters. The molecule has 0 aromatic rings. The van der Waals surface area contributed by atoms with Gasteiger partial charge in [0, 0.05) is 8.07 Å². The molecule has 0 aliphatic heterocycles. The molecule has 0 rings (SSSR count). The van der Waals surface area contributed by atoms with E-state index in [0.29, 0.717) is 0 Å². The minimum Gasteiger partial charge on any atom is -0.0693 e. The average Bonchev–Trinajstić information content (AvgIpc) is 1.60. The fourth-order valence-electron chi connectivity index (χ4n) is 2.08. The van der Waals surface area contributed by atoms with Crippen LogP contribution >= 0.6 is 0 Å². The molecule has 0 bridgehead atoms. The van der Waals surface area contributed by atoms with Crippen LogP contribution in [0.15, 0.2) is 0 Å². The van der Waals surface area contributed by atoms with Crippen LogP contribution in [0, 0.1) is 5.92 Å². The zero-order valence-corrected chi connectivity index (χ0v) is 9.36. The van der Waals surface area contributed by atoms with Gasteiger partial charge >= 0.3 is 0 Å². The van der Waals surface area contributed by atoms with Gasteiger partial charge in [0.15, 0.2) is 0 Å². The van der Waals surface area contributed by atoms with Crippen LogP contribution in [0.4, 0.5) is 0 Å². The predicted molar refractivity (Wildman–Crippen MR) is 52.2 cm³/mol. The molecule has 62 valence electrons. The fraction of sp³-hybridized carbons (Fsp3) is 1.00. The van der Waals surface area contributed by atoms with Crippen molar-refractivity contribution >= 4 is 8.07 Å². The fourth-order valence-corrected chi connectivity index (χ4v) is 5.31. The van der Waals surface area contributed by atoms with E-state index in [0.717, 1.165) is 11.5 Å². The molecule has 0 N–H and O–H groups in total. The van der Waals surface area contributed by atoms with E-state index in [9.17, 15) is 0 Å². The molecule has 0 radical (unpaired) electrons. The van der Waals surface area contributed by atoms with Crippen molar-refractivity contribution in [2.75, 3.05) is 0 Å². The maximum Gasteiger partial charge on any atom is 0.0476 e. The van der Waals surface area contributed by atoms with Crippen molar-refractivity contribution in [1.29, 1.82) is 0 Å². The summed E-state index contributed by atoms with van der Waals surface area (Å²) in [6.45, 7) is 14.4. The van der Waals surface area contributed by atoms with E-state index in [-0.39, 0.29) is 0 Å². The normalized spacial score (nSPS) is 15.9. The Balaban J connectivity index is 4.07. The topological polar surface area (TPSA) is 0 Å². The molecular formula is C9H22Si. The zero-order valence-electron chi connectivity index (χ0n) is 8.36. The number of hydrogen-bond acceptors (Lipinski definition) is 0. The summed E-state index contributed by atoms with van der Waals surface area (Å²) in [5.74, 6) is 0.886. The summed E-state index contributed by atoms with van der Waals surface area (Å²) >= 11 is 0. The van der Waals surface area contributed by atoms with Crippen LogP contribution in [0.1, 0.15) is 27.2 Å². The molecule has 0 aromatic carbocycles. The third-order valence-electron chi connectivity index (χ3n) is 2.36. The van der Waals surface area contributed by atoms with E-state index in [1.54, 1.807) is 0 Å². The smallest absolute Gasteiger partial charge is 0.0476 e. The molecule has 10 heavy (non-hydrogen) atoms. The summed E-state index contributed by atoms with van der Waals surface area (Å²) in [5.41, 5.74) is 1.01. The van der Waals surface area contributed by atoms with Gasteiger partial charge in [-0.05, 0) is 11.5 Å². The van der Waals surface area contributed by atoms with Crippen molar-refractivity contribution in [1.82, 2.24) is 0 Å². The van der Waals surface area contributed by atoms with Crippen LogP contribution in [0.25, 0.3) is 0 Å². The van der Waals surface area contributed by atoms with Gasteiger partial charge in [-0.3, -0.25) is 0 Å². The lowest BCUT2D eigenvalue weighted by atomic mass is 10.1. The van der Waals surface area contributed by atoms with Crippen molar-refractivity contribution in [2.24, 2.45) is 5.92 Å². The number of rotatable bonds is 3. The second-order valence-electron chi connectivity index (χ2n) is 4.62. The van der Waals surface area contributed by atoms with Gasteiger partial charge in [-0.15, -0.1) is 0 Å². The molecule has 0 saturated heterocycles. The summed E-state index contributed by atoms with van der Waals surface area (Å²) in [4.78, 5) is 0. The SMILES string of the molecule is CCC(C(C)C)[Si](C)(C)C. The Labute approximate surface area is 67.0 Å². The Morgan fingerprint density at radius 3 is 1.50 bits per heavy atom. The van der Waals surface area contributed by atoms with Gasteiger partial charge in [-0.2, -0.15) is 0 Å². The van der Waals surface area contributed by atoms with Gasteiger partial charge in [0.2, 0.25) is 0 Å². The molecule has 0 aliphatic rings. The summed E-state index contributed by atoms with van der Waals surface area (Å²) in [5, 5.41) is 0. The van der Waals surface area contributed by atoms with Crippen LogP contribution in [0.5, 0.6) is 0 Å². The minimum atomic E-state index is -0.850. The lowest BCUT2D eigenvalue weighted by molar-refractivity contribution is 0.557. The average molecular weight is 158 g/mol. The van der Waals surface area contributed by atoms with Gasteiger partial charge in [-0.25, -0.2) is 0 Å². The Kier molecular flexibility index (Phi) is 3.64. The lowest BCUT2D eigenvalue weighted by Gasteiger charge is -2.31. The Morgan fingerprint density at radius 1 is 1.10 bits per heavy atom. The first-order valence-electron chi connectivity index (χ1n) is 4.39. The van der Waals surface area contributed by atoms with Gasteiger partial charge in [0.25, 0.3) is 0 Å². The quantitative estimate of drug-likeness (QED) is 0.549. The second-order valence-corrected chi connectivity index (χ2v) is 10.1. The van der Waals surface area contributed by atoms with Crippen LogP contribution in [-0.4, -0.2) is 8.07 Å². The van der Waals surface area contributed by atoms with Crippen LogP contribution < -0.4 is 0 Å². The van der Waals surface area contributed by atoms with E-state index in [2.05, 4.69) is 40.4 Å². The maximum atomic E-state index is 2.47. The summed E-state index contributed by atoms with van der Waals surface area (Å²) in [6, 6.07) is 0. The molecule has 0 nitrogen and oxygen atoms in total. The summed E-state index contributed by atoms with van der Waals surface area (Å²) < 4.78 is 0. The molecular weight excluding hydrogens is 136 g/mol. The van der Waals surface area contributed by atoms with Crippen LogP contribution in [0.3, 0.4) is 0 Å². The molecule has 1 unspecified atom stereocenters. The van der Waals surface area contributed by atoms with E-state index < -0.39 is 8.07 Å². The highest BCUT2D eigenvalue weighted by molar-refractivity contribution is 6.77. The standard InChI is InChI=1S/C9H22Si/c1-7-9(8(2)3)10(4,5)6/h8-9H,7H2,1-6H3. The van der Waals surface area contributed by atoms with Crippen molar-refractivity contribution in [2.45, 2.75) is 52.4 Å². The van der Waals surface area contributed by atoms with E-state index in [1.807, 2.05) is 0 Å². The predicted octanol–water partition coefficient (Wildman–Crippen LogP) is 3.76. The molecule has 0 amide bonds. The minimum absolute atomic E-state index is 0.850. The van der Waals surface area contributed by atoms with E-state index >= 15 is 0 Å². The van der Waals surface area contributed by atoms with Crippen molar-refractivity contribution < 1.29 is 0 Å². The second kappa shape index (κ2) is 3.56. The summed E-state index contributed by atoms with van der Waals surface area (Å²) in [6.07, 6.45) is 1.37. The monoisotopic (exact) mass is 158 g/mol. The largest absolute Gasteiger partial charge is 0.0693 e. The van der Waals surface area contributed by atoms with Crippen LogP contribution in [-0.2, 0) is 0 Å². The Hall–Kier alpha value is 0.217. The molecule has 0 saturated carbocycles. The van der Waals surface area contributed by atoms with E-state index in [4.69, 9.17) is 0 Å². The molecule has 0 spiro atoms. The van der Waals surface area contributed by atoms with Gasteiger partial charge in [0.1, 0.15) is 0 Å². The van der Waals surface area contributed by atoms with Crippen LogP contribution in [0.2, 0.25) is 25.2 Å². The van der Waals surface area contributed by atoms with Crippen molar-refractivity contribution in [3.63, 3.8) is 0 Å². The van der Waals surface area contributed by atoms with Gasteiger partial charge in [0.05, 0.1) is 0 Å². The zero-order chi connectivity index (χ0) is 8.36. The first-order valence-corrected chi connectivity index (χ1v) is 7.97. The third kappa shape index (κ3) is 2.87. The molecule has 0 heterocycles. The molecule has 0 fully saturated rings. The third-order valence-corrected chi connectivity index (χ3v) is 5.66. The van der Waals surface area contributed by atoms with E-state index in [1.165, 1.54) is 6.42 Å². The lowest BCUT2D eigenvalue weighted by Crippen LogP contribution is -2.30. The molecule has 1 heteroatoms. The highest BCUT2D eigenvalue weighted by Gasteiger charge is 2.26. The molecule has 0 aliphatic carbocycles. The maximum absolute atomic E-state index is 2.47. The first-order chi connectivity index (χ1) is 4.39. The number of hydrogen-bond donors (Lipinski definition) is 0. The summed E-state index contributed by atoms with van der Waals surface area (Å²) in [7, 11) is -0.850. The first kappa shape index (κ1) is 10.2. The highest BCUT2D eigenvalue weighted by Crippen LogP contribution is 2.32. The Bertz CT molecular complexity index is 89.4. The van der Waals surface area contributed by atoms with Gasteiger partial charge < -0.3 is 0 Å². The molecule has 0 aromatic heterocycles.